The molecule has 96 valence electrons. The van der Waals surface area contributed by atoms with Gasteiger partial charge < -0.3 is 9.88 Å². The number of halogens is 1. The molecule has 0 amide bonds. The average Bonchev–Trinajstić information content (AvgIpc) is 2.92. The molecule has 0 spiro atoms. The summed E-state index contributed by atoms with van der Waals surface area (Å²) in [5, 5.41) is 4.81. The number of benzene rings is 1. The van der Waals surface area contributed by atoms with Crippen molar-refractivity contribution in [1.29, 1.82) is 0 Å². The zero-order valence-corrected chi connectivity index (χ0v) is 12.8. The van der Waals surface area contributed by atoms with Crippen molar-refractivity contribution in [2.45, 2.75) is 26.2 Å². The van der Waals surface area contributed by atoms with E-state index >= 15 is 0 Å². The molecule has 1 aliphatic heterocycles. The van der Waals surface area contributed by atoms with Crippen LogP contribution in [-0.2, 0) is 7.05 Å². The van der Waals surface area contributed by atoms with Gasteiger partial charge in [0.25, 0.3) is 0 Å². The van der Waals surface area contributed by atoms with E-state index in [2.05, 4.69) is 58.8 Å². The van der Waals surface area contributed by atoms with Crippen molar-refractivity contribution in [3.05, 3.63) is 33.4 Å². The SMILES string of the molecule is Cc1ccc2c(Br)c(C3CCNC3)n(C)c2c1C. The Kier molecular flexibility index (Phi) is 2.99. The fraction of sp³-hybridized carbons (Fsp3) is 0.467. The summed E-state index contributed by atoms with van der Waals surface area (Å²) in [4.78, 5) is 0. The fourth-order valence-corrected chi connectivity index (χ4v) is 4.07. The van der Waals surface area contributed by atoms with E-state index in [1.54, 1.807) is 0 Å². The molecular weight excluding hydrogens is 288 g/mol. The molecular formula is C15H19BrN2. The first-order valence-electron chi connectivity index (χ1n) is 6.56. The molecule has 1 aliphatic rings. The Morgan fingerprint density at radius 3 is 2.78 bits per heavy atom. The molecule has 1 atom stereocenters. The van der Waals surface area contributed by atoms with Gasteiger partial charge in [-0.1, -0.05) is 12.1 Å². The van der Waals surface area contributed by atoms with Crippen LogP contribution in [0.2, 0.25) is 0 Å². The van der Waals surface area contributed by atoms with E-state index in [1.165, 1.54) is 38.6 Å². The van der Waals surface area contributed by atoms with Crippen LogP contribution in [0.4, 0.5) is 0 Å². The molecule has 18 heavy (non-hydrogen) atoms. The Balaban J connectivity index is 2.30. The third kappa shape index (κ3) is 1.64. The number of hydrogen-bond donors (Lipinski definition) is 1. The van der Waals surface area contributed by atoms with Crippen molar-refractivity contribution in [1.82, 2.24) is 9.88 Å². The molecule has 1 aromatic carbocycles. The first-order chi connectivity index (χ1) is 8.61. The van der Waals surface area contributed by atoms with Crippen LogP contribution >= 0.6 is 15.9 Å². The second kappa shape index (κ2) is 4.39. The van der Waals surface area contributed by atoms with E-state index in [-0.39, 0.29) is 0 Å². The molecule has 0 aliphatic carbocycles. The monoisotopic (exact) mass is 306 g/mol. The van der Waals surface area contributed by atoms with Gasteiger partial charge in [0.15, 0.2) is 0 Å². The van der Waals surface area contributed by atoms with Gasteiger partial charge in [0, 0.05) is 35.1 Å². The quantitative estimate of drug-likeness (QED) is 0.851. The predicted octanol–water partition coefficient (Wildman–Crippen LogP) is 3.63. The van der Waals surface area contributed by atoms with Crippen LogP contribution in [0.1, 0.15) is 29.2 Å². The van der Waals surface area contributed by atoms with Gasteiger partial charge in [-0.2, -0.15) is 0 Å². The second-order valence-corrected chi connectivity index (χ2v) is 6.14. The summed E-state index contributed by atoms with van der Waals surface area (Å²) in [5.74, 6) is 0.636. The standard InChI is InChI=1S/C15H19BrN2/c1-9-4-5-12-13(16)15(11-6-7-17-8-11)18(3)14(12)10(9)2/h4-5,11,17H,6-8H2,1-3H3. The lowest BCUT2D eigenvalue weighted by molar-refractivity contribution is 0.690. The van der Waals surface area contributed by atoms with Crippen molar-refractivity contribution >= 4 is 26.8 Å². The summed E-state index contributed by atoms with van der Waals surface area (Å²) in [6.07, 6.45) is 1.24. The smallest absolute Gasteiger partial charge is 0.0524 e. The van der Waals surface area contributed by atoms with E-state index < -0.39 is 0 Å². The Morgan fingerprint density at radius 2 is 2.11 bits per heavy atom. The number of aryl methyl sites for hydroxylation is 3. The normalized spacial score (nSPS) is 19.9. The highest BCUT2D eigenvalue weighted by molar-refractivity contribution is 9.10. The molecule has 3 rings (SSSR count). The molecule has 2 nitrogen and oxygen atoms in total. The molecule has 1 unspecified atom stereocenters. The van der Waals surface area contributed by atoms with Gasteiger partial charge >= 0.3 is 0 Å². The molecule has 1 fully saturated rings. The van der Waals surface area contributed by atoms with Crippen LogP contribution in [0.5, 0.6) is 0 Å². The lowest BCUT2D eigenvalue weighted by atomic mass is 10.0. The van der Waals surface area contributed by atoms with Crippen LogP contribution in [0.3, 0.4) is 0 Å². The Labute approximate surface area is 116 Å². The van der Waals surface area contributed by atoms with Crippen molar-refractivity contribution in [3.8, 4) is 0 Å². The summed E-state index contributed by atoms with van der Waals surface area (Å²) in [7, 11) is 2.20. The van der Waals surface area contributed by atoms with Gasteiger partial charge in [0.1, 0.15) is 0 Å². The zero-order chi connectivity index (χ0) is 12.9. The lowest BCUT2D eigenvalue weighted by Crippen LogP contribution is -2.10. The molecule has 2 heterocycles. The summed E-state index contributed by atoms with van der Waals surface area (Å²) in [5.41, 5.74) is 5.59. The summed E-state index contributed by atoms with van der Waals surface area (Å²) in [6, 6.07) is 4.47. The maximum Gasteiger partial charge on any atom is 0.0524 e. The topological polar surface area (TPSA) is 17.0 Å². The van der Waals surface area contributed by atoms with Gasteiger partial charge in [0.2, 0.25) is 0 Å². The van der Waals surface area contributed by atoms with Crippen LogP contribution in [0.15, 0.2) is 16.6 Å². The minimum absolute atomic E-state index is 0.636. The predicted molar refractivity (Wildman–Crippen MR) is 80.3 cm³/mol. The number of nitrogens with zero attached hydrogens (tertiary/aromatic N) is 1. The molecule has 1 aromatic heterocycles. The van der Waals surface area contributed by atoms with Crippen LogP contribution in [-0.4, -0.2) is 17.7 Å². The Bertz CT molecular complexity index is 607. The lowest BCUT2D eigenvalue weighted by Gasteiger charge is -2.12. The number of rotatable bonds is 1. The van der Waals surface area contributed by atoms with Crippen molar-refractivity contribution in [3.63, 3.8) is 0 Å². The highest BCUT2D eigenvalue weighted by atomic mass is 79.9. The molecule has 0 bridgehead atoms. The Morgan fingerprint density at radius 1 is 1.33 bits per heavy atom. The van der Waals surface area contributed by atoms with Gasteiger partial charge in [-0.25, -0.2) is 0 Å². The molecule has 0 radical (unpaired) electrons. The van der Waals surface area contributed by atoms with Crippen molar-refractivity contribution in [2.24, 2.45) is 7.05 Å². The second-order valence-electron chi connectivity index (χ2n) is 5.35. The van der Waals surface area contributed by atoms with Gasteiger partial charge in [-0.3, -0.25) is 0 Å². The van der Waals surface area contributed by atoms with Crippen LogP contribution < -0.4 is 5.32 Å². The third-order valence-corrected chi connectivity index (χ3v) is 5.14. The maximum atomic E-state index is 3.82. The van der Waals surface area contributed by atoms with Crippen LogP contribution in [0.25, 0.3) is 10.9 Å². The minimum Gasteiger partial charge on any atom is -0.346 e. The number of hydrogen-bond acceptors (Lipinski definition) is 1. The van der Waals surface area contributed by atoms with Crippen molar-refractivity contribution in [2.75, 3.05) is 13.1 Å². The molecule has 0 saturated carbocycles. The first-order valence-corrected chi connectivity index (χ1v) is 7.35. The highest BCUT2D eigenvalue weighted by Gasteiger charge is 2.25. The van der Waals surface area contributed by atoms with E-state index in [0.717, 1.165) is 13.1 Å². The summed E-state index contributed by atoms with van der Waals surface area (Å²) >= 11 is 3.82. The molecule has 2 aromatic rings. The van der Waals surface area contributed by atoms with E-state index in [1.807, 2.05) is 0 Å². The van der Waals surface area contributed by atoms with Gasteiger partial charge in [-0.15, -0.1) is 0 Å². The zero-order valence-electron chi connectivity index (χ0n) is 11.2. The highest BCUT2D eigenvalue weighted by Crippen LogP contribution is 2.38. The summed E-state index contributed by atoms with van der Waals surface area (Å²) in [6.45, 7) is 6.64. The third-order valence-electron chi connectivity index (χ3n) is 4.31. The van der Waals surface area contributed by atoms with Gasteiger partial charge in [-0.05, 0) is 53.9 Å². The number of aromatic nitrogens is 1. The maximum absolute atomic E-state index is 3.82. The Hall–Kier alpha value is -0.800. The number of nitrogens with one attached hydrogen (secondary N) is 1. The number of fused-ring (bicyclic) bond motifs is 1. The minimum atomic E-state index is 0.636. The largest absolute Gasteiger partial charge is 0.346 e. The molecule has 1 N–H and O–H groups in total. The van der Waals surface area contributed by atoms with Gasteiger partial charge in [0.05, 0.1) is 5.52 Å². The van der Waals surface area contributed by atoms with E-state index in [0.29, 0.717) is 5.92 Å². The average molecular weight is 307 g/mol. The summed E-state index contributed by atoms with van der Waals surface area (Å²) < 4.78 is 3.68. The van der Waals surface area contributed by atoms with Crippen LogP contribution in [0, 0.1) is 13.8 Å². The van der Waals surface area contributed by atoms with E-state index in [4.69, 9.17) is 0 Å². The van der Waals surface area contributed by atoms with E-state index in [9.17, 15) is 0 Å². The molecule has 1 saturated heterocycles. The van der Waals surface area contributed by atoms with Crippen molar-refractivity contribution < 1.29 is 0 Å². The fourth-order valence-electron chi connectivity index (χ4n) is 3.16. The first kappa shape index (κ1) is 12.2. The molecule has 3 heteroatoms.